The number of allylic oxidation sites excluding steroid dienone is 10. The van der Waals surface area contributed by atoms with E-state index in [1.807, 2.05) is 0 Å². The second kappa shape index (κ2) is 55.7. The first-order valence-corrected chi connectivity index (χ1v) is 28.8. The number of hydrogen-bond donors (Lipinski definition) is 0. The molecule has 0 aliphatic heterocycles. The fourth-order valence-electron chi connectivity index (χ4n) is 8.15. The number of rotatable bonds is 52. The molecule has 0 aromatic heterocycles. The predicted octanol–water partition coefficient (Wildman–Crippen LogP) is 19.2. The third-order valence-electron chi connectivity index (χ3n) is 12.5. The molecule has 0 saturated carbocycles. The van der Waals surface area contributed by atoms with Crippen molar-refractivity contribution in [3.05, 3.63) is 60.8 Å². The van der Waals surface area contributed by atoms with Crippen LogP contribution < -0.4 is 0 Å². The van der Waals surface area contributed by atoms with Gasteiger partial charge in [0.1, 0.15) is 13.2 Å². The van der Waals surface area contributed by atoms with Crippen LogP contribution in [0, 0.1) is 0 Å². The largest absolute Gasteiger partial charge is 0.462 e. The lowest BCUT2D eigenvalue weighted by Gasteiger charge is -2.18. The van der Waals surface area contributed by atoms with Crippen molar-refractivity contribution in [1.29, 1.82) is 0 Å². The Balaban J connectivity index is 4.39. The highest BCUT2D eigenvalue weighted by Crippen LogP contribution is 2.15. The van der Waals surface area contributed by atoms with Crippen LogP contribution in [-0.4, -0.2) is 37.2 Å². The standard InChI is InChI=1S/C61H108O6/c1-4-7-10-13-16-19-22-25-28-29-30-31-34-36-39-42-45-48-51-54-60(63)66-57-58(67-61(64)55-52-49-46-43-40-37-33-27-24-21-18-15-12-9-6-3)56-65-59(62)53-50-47-44-41-38-35-32-26-23-20-17-14-11-8-5-2/h9,12,18,21,26-27,29-30,32-33,58H,4-8,10-11,13-17,19-20,22-25,28,31,34-57H2,1-3H3/b12-9-,21-18-,30-29-,32-26-,33-27-/t58-/m1/s1. The van der Waals surface area contributed by atoms with Gasteiger partial charge in [0.25, 0.3) is 0 Å². The Morgan fingerprint density at radius 2 is 0.582 bits per heavy atom. The highest BCUT2D eigenvalue weighted by Gasteiger charge is 2.19. The Morgan fingerprint density at radius 3 is 0.925 bits per heavy atom. The summed E-state index contributed by atoms with van der Waals surface area (Å²) >= 11 is 0. The molecule has 6 nitrogen and oxygen atoms in total. The second-order valence-corrected chi connectivity index (χ2v) is 19.2. The van der Waals surface area contributed by atoms with E-state index in [9.17, 15) is 14.4 Å². The number of hydrogen-bond acceptors (Lipinski definition) is 6. The maximum atomic E-state index is 12.8. The summed E-state index contributed by atoms with van der Waals surface area (Å²) in [4.78, 5) is 38.1. The quantitative estimate of drug-likeness (QED) is 0.0262. The number of esters is 3. The van der Waals surface area contributed by atoms with Crippen molar-refractivity contribution >= 4 is 17.9 Å². The summed E-state index contributed by atoms with van der Waals surface area (Å²) < 4.78 is 16.8. The zero-order valence-electron chi connectivity index (χ0n) is 44.4. The Labute approximate surface area is 415 Å². The third-order valence-corrected chi connectivity index (χ3v) is 12.5. The smallest absolute Gasteiger partial charge is 0.306 e. The zero-order chi connectivity index (χ0) is 48.6. The van der Waals surface area contributed by atoms with Crippen molar-refractivity contribution in [2.45, 2.75) is 297 Å². The van der Waals surface area contributed by atoms with Gasteiger partial charge in [0.2, 0.25) is 0 Å². The third kappa shape index (κ3) is 53.9. The van der Waals surface area contributed by atoms with Gasteiger partial charge in [0.15, 0.2) is 6.10 Å². The van der Waals surface area contributed by atoms with Gasteiger partial charge in [-0.1, -0.05) is 229 Å². The van der Waals surface area contributed by atoms with E-state index in [2.05, 4.69) is 81.5 Å². The van der Waals surface area contributed by atoms with E-state index in [4.69, 9.17) is 14.2 Å². The molecule has 0 N–H and O–H groups in total. The van der Waals surface area contributed by atoms with Gasteiger partial charge in [-0.15, -0.1) is 0 Å². The fourth-order valence-corrected chi connectivity index (χ4v) is 8.15. The molecule has 0 aliphatic rings. The summed E-state index contributed by atoms with van der Waals surface area (Å²) in [6.45, 7) is 6.52. The lowest BCUT2D eigenvalue weighted by Crippen LogP contribution is -2.30. The van der Waals surface area contributed by atoms with Gasteiger partial charge < -0.3 is 14.2 Å². The monoisotopic (exact) mass is 937 g/mol. The van der Waals surface area contributed by atoms with E-state index in [0.29, 0.717) is 19.3 Å². The van der Waals surface area contributed by atoms with Crippen LogP contribution in [0.2, 0.25) is 0 Å². The van der Waals surface area contributed by atoms with Gasteiger partial charge >= 0.3 is 17.9 Å². The maximum Gasteiger partial charge on any atom is 0.306 e. The first-order valence-electron chi connectivity index (χ1n) is 28.8. The molecule has 0 rings (SSSR count). The number of carbonyl (C=O) groups is 3. The number of unbranched alkanes of at least 4 members (excludes halogenated alkanes) is 31. The SMILES string of the molecule is CC/C=C\C/C=C\C/C=C\CCCCCCCC(=O)O[C@H](COC(=O)CCCCCCC/C=C\CCCCCCCC)COC(=O)CCCCCCCCC/C=C\CCCCCCCCCC. The van der Waals surface area contributed by atoms with Gasteiger partial charge in [-0.05, 0) is 103 Å². The second-order valence-electron chi connectivity index (χ2n) is 19.2. The molecule has 0 aromatic rings. The van der Waals surface area contributed by atoms with Crippen molar-refractivity contribution in [1.82, 2.24) is 0 Å². The summed E-state index contributed by atoms with van der Waals surface area (Å²) in [5.41, 5.74) is 0. The van der Waals surface area contributed by atoms with E-state index < -0.39 is 6.10 Å². The Bertz CT molecular complexity index is 1210. The lowest BCUT2D eigenvalue weighted by molar-refractivity contribution is -0.167. The molecule has 1 atom stereocenters. The molecule has 0 aromatic carbocycles. The summed E-state index contributed by atoms with van der Waals surface area (Å²) in [5, 5.41) is 0. The van der Waals surface area contributed by atoms with Crippen molar-refractivity contribution in [3.63, 3.8) is 0 Å². The molecule has 67 heavy (non-hydrogen) atoms. The minimum atomic E-state index is -0.788. The average Bonchev–Trinajstić information content (AvgIpc) is 3.33. The lowest BCUT2D eigenvalue weighted by atomic mass is 10.1. The van der Waals surface area contributed by atoms with E-state index in [1.54, 1.807) is 0 Å². The van der Waals surface area contributed by atoms with Crippen LogP contribution in [0.5, 0.6) is 0 Å². The molecule has 0 amide bonds. The van der Waals surface area contributed by atoms with Crippen molar-refractivity contribution in [2.75, 3.05) is 13.2 Å². The molecule has 0 fully saturated rings. The van der Waals surface area contributed by atoms with Gasteiger partial charge in [-0.2, -0.15) is 0 Å². The molecular weight excluding hydrogens is 829 g/mol. The molecule has 0 radical (unpaired) electrons. The average molecular weight is 938 g/mol. The number of ether oxygens (including phenoxy) is 3. The van der Waals surface area contributed by atoms with E-state index in [0.717, 1.165) is 103 Å². The molecule has 0 saturated heterocycles. The zero-order valence-corrected chi connectivity index (χ0v) is 44.4. The minimum absolute atomic E-state index is 0.0853. The topological polar surface area (TPSA) is 78.9 Å². The Hall–Kier alpha value is -2.89. The molecule has 0 spiro atoms. The molecule has 0 heterocycles. The highest BCUT2D eigenvalue weighted by molar-refractivity contribution is 5.71. The van der Waals surface area contributed by atoms with E-state index >= 15 is 0 Å². The van der Waals surface area contributed by atoms with Crippen LogP contribution in [0.25, 0.3) is 0 Å². The van der Waals surface area contributed by atoms with Crippen molar-refractivity contribution < 1.29 is 28.6 Å². The normalized spacial score (nSPS) is 12.5. The van der Waals surface area contributed by atoms with Crippen LogP contribution in [0.4, 0.5) is 0 Å². The number of carbonyl (C=O) groups excluding carboxylic acids is 3. The molecule has 0 aliphatic carbocycles. The fraction of sp³-hybridized carbons (Fsp3) is 0.787. The first-order chi connectivity index (χ1) is 33.0. The van der Waals surface area contributed by atoms with Gasteiger partial charge in [-0.25, -0.2) is 0 Å². The van der Waals surface area contributed by atoms with E-state index in [1.165, 1.54) is 148 Å². The molecular formula is C61H108O6. The first kappa shape index (κ1) is 64.1. The summed E-state index contributed by atoms with van der Waals surface area (Å²) in [6, 6.07) is 0. The summed E-state index contributed by atoms with van der Waals surface area (Å²) in [7, 11) is 0. The van der Waals surface area contributed by atoms with Crippen molar-refractivity contribution in [3.8, 4) is 0 Å². The van der Waals surface area contributed by atoms with Gasteiger partial charge in [0, 0.05) is 19.3 Å². The van der Waals surface area contributed by atoms with Crippen LogP contribution in [0.1, 0.15) is 290 Å². The predicted molar refractivity (Wildman–Crippen MR) is 288 cm³/mol. The van der Waals surface area contributed by atoms with E-state index in [-0.39, 0.29) is 31.1 Å². The molecule has 0 unspecified atom stereocenters. The van der Waals surface area contributed by atoms with Crippen LogP contribution in [0.3, 0.4) is 0 Å². The molecule has 388 valence electrons. The summed E-state index contributed by atoms with van der Waals surface area (Å²) in [6.07, 6.45) is 69.2. The van der Waals surface area contributed by atoms with Crippen molar-refractivity contribution in [2.24, 2.45) is 0 Å². The maximum absolute atomic E-state index is 12.8. The van der Waals surface area contributed by atoms with Crippen LogP contribution in [0.15, 0.2) is 60.8 Å². The van der Waals surface area contributed by atoms with Crippen LogP contribution in [-0.2, 0) is 28.6 Å². The van der Waals surface area contributed by atoms with Gasteiger partial charge in [0.05, 0.1) is 0 Å². The van der Waals surface area contributed by atoms with Crippen LogP contribution >= 0.6 is 0 Å². The Kier molecular flexibility index (Phi) is 53.3. The summed E-state index contributed by atoms with van der Waals surface area (Å²) in [5.74, 6) is -0.905. The molecule has 0 bridgehead atoms. The van der Waals surface area contributed by atoms with Gasteiger partial charge in [-0.3, -0.25) is 14.4 Å². The molecule has 6 heteroatoms. The Morgan fingerprint density at radius 1 is 0.313 bits per heavy atom. The minimum Gasteiger partial charge on any atom is -0.462 e. The highest BCUT2D eigenvalue weighted by atomic mass is 16.6.